The van der Waals surface area contributed by atoms with Crippen LogP contribution >= 0.6 is 0 Å². The number of carbonyl (C=O) groups excluding carboxylic acids is 2. The van der Waals surface area contributed by atoms with Gasteiger partial charge in [-0.25, -0.2) is 0 Å². The Kier molecular flexibility index (Phi) is 4.54. The summed E-state index contributed by atoms with van der Waals surface area (Å²) in [5.41, 5.74) is -0.471. The SMILES string of the molecule is CCN(C(=O)CCC(=O)OC(C)(C)C)C1CC1. The van der Waals surface area contributed by atoms with E-state index < -0.39 is 5.60 Å². The summed E-state index contributed by atoms with van der Waals surface area (Å²) in [6.45, 7) is 8.20. The first-order valence-corrected chi connectivity index (χ1v) is 6.35. The molecule has 0 aliphatic heterocycles. The van der Waals surface area contributed by atoms with Crippen molar-refractivity contribution in [1.29, 1.82) is 0 Å². The fourth-order valence-electron chi connectivity index (χ4n) is 1.77. The predicted octanol–water partition coefficient (Wildman–Crippen LogP) is 2.12. The van der Waals surface area contributed by atoms with Crippen molar-refractivity contribution in [3.8, 4) is 0 Å². The Bertz CT molecular complexity index is 290. The van der Waals surface area contributed by atoms with E-state index in [1.807, 2.05) is 32.6 Å². The van der Waals surface area contributed by atoms with Gasteiger partial charge in [-0.1, -0.05) is 0 Å². The van der Waals surface area contributed by atoms with Crippen LogP contribution in [0, 0.1) is 0 Å². The van der Waals surface area contributed by atoms with Gasteiger partial charge in [0, 0.05) is 19.0 Å². The van der Waals surface area contributed by atoms with Crippen molar-refractivity contribution in [3.05, 3.63) is 0 Å². The molecule has 0 aromatic heterocycles. The summed E-state index contributed by atoms with van der Waals surface area (Å²) in [7, 11) is 0. The smallest absolute Gasteiger partial charge is 0.306 e. The van der Waals surface area contributed by atoms with Crippen LogP contribution in [-0.2, 0) is 14.3 Å². The van der Waals surface area contributed by atoms with Gasteiger partial charge >= 0.3 is 5.97 Å². The van der Waals surface area contributed by atoms with E-state index in [0.29, 0.717) is 6.04 Å². The number of esters is 1. The van der Waals surface area contributed by atoms with E-state index in [1.54, 1.807) is 0 Å². The monoisotopic (exact) mass is 241 g/mol. The van der Waals surface area contributed by atoms with E-state index in [1.165, 1.54) is 0 Å². The molecule has 1 aliphatic rings. The molecule has 0 saturated heterocycles. The molecule has 4 nitrogen and oxygen atoms in total. The van der Waals surface area contributed by atoms with Crippen molar-refractivity contribution in [2.75, 3.05) is 6.54 Å². The quantitative estimate of drug-likeness (QED) is 0.693. The van der Waals surface area contributed by atoms with Gasteiger partial charge in [-0.3, -0.25) is 9.59 Å². The van der Waals surface area contributed by atoms with Crippen LogP contribution in [0.1, 0.15) is 53.4 Å². The molecule has 0 spiro atoms. The molecule has 17 heavy (non-hydrogen) atoms. The zero-order valence-electron chi connectivity index (χ0n) is 11.3. The van der Waals surface area contributed by atoms with Gasteiger partial charge in [0.15, 0.2) is 0 Å². The molecule has 4 heteroatoms. The van der Waals surface area contributed by atoms with Crippen molar-refractivity contribution in [2.24, 2.45) is 0 Å². The minimum atomic E-state index is -0.471. The Hall–Kier alpha value is -1.06. The summed E-state index contributed by atoms with van der Waals surface area (Å²) in [6.07, 6.45) is 2.65. The molecule has 1 rings (SSSR count). The highest BCUT2D eigenvalue weighted by Gasteiger charge is 2.31. The lowest BCUT2D eigenvalue weighted by Crippen LogP contribution is -2.33. The topological polar surface area (TPSA) is 46.6 Å². The van der Waals surface area contributed by atoms with Gasteiger partial charge in [0.05, 0.1) is 6.42 Å². The second-order valence-corrected chi connectivity index (χ2v) is 5.50. The summed E-state index contributed by atoms with van der Waals surface area (Å²) in [6, 6.07) is 0.422. The molecule has 1 saturated carbocycles. The van der Waals surface area contributed by atoms with Gasteiger partial charge in [-0.05, 0) is 40.5 Å². The minimum absolute atomic E-state index is 0.0702. The molecule has 0 radical (unpaired) electrons. The van der Waals surface area contributed by atoms with Gasteiger partial charge in [-0.2, -0.15) is 0 Å². The fraction of sp³-hybridized carbons (Fsp3) is 0.846. The number of hydrogen-bond donors (Lipinski definition) is 0. The first-order chi connectivity index (χ1) is 7.83. The van der Waals surface area contributed by atoms with Crippen molar-refractivity contribution in [2.45, 2.75) is 65.0 Å². The molecule has 0 atom stereocenters. The number of nitrogens with zero attached hydrogens (tertiary/aromatic N) is 1. The van der Waals surface area contributed by atoms with Gasteiger partial charge < -0.3 is 9.64 Å². The van der Waals surface area contributed by atoms with E-state index in [2.05, 4.69) is 0 Å². The molecule has 0 N–H and O–H groups in total. The largest absolute Gasteiger partial charge is 0.460 e. The highest BCUT2D eigenvalue weighted by Crippen LogP contribution is 2.27. The first-order valence-electron chi connectivity index (χ1n) is 6.35. The zero-order chi connectivity index (χ0) is 13.1. The van der Waals surface area contributed by atoms with Gasteiger partial charge in [0.2, 0.25) is 5.91 Å². The standard InChI is InChI=1S/C13H23NO3/c1-5-14(10-6-7-10)11(15)8-9-12(16)17-13(2,3)4/h10H,5-9H2,1-4H3. The van der Waals surface area contributed by atoms with Crippen molar-refractivity contribution in [1.82, 2.24) is 4.90 Å². The average molecular weight is 241 g/mol. The number of ether oxygens (including phenoxy) is 1. The van der Waals surface area contributed by atoms with Crippen LogP contribution in [0.3, 0.4) is 0 Å². The molecular weight excluding hydrogens is 218 g/mol. The molecule has 0 aromatic rings. The third-order valence-electron chi connectivity index (χ3n) is 2.61. The maximum absolute atomic E-state index is 11.8. The number of carbonyl (C=O) groups is 2. The molecule has 0 heterocycles. The minimum Gasteiger partial charge on any atom is -0.460 e. The van der Waals surface area contributed by atoms with E-state index in [9.17, 15) is 9.59 Å². The molecule has 1 aliphatic carbocycles. The molecule has 0 aromatic carbocycles. The summed E-state index contributed by atoms with van der Waals surface area (Å²) in [5.74, 6) is -0.224. The Labute approximate surface area is 103 Å². The van der Waals surface area contributed by atoms with Crippen LogP contribution in [0.15, 0.2) is 0 Å². The molecule has 1 fully saturated rings. The third-order valence-corrected chi connectivity index (χ3v) is 2.61. The van der Waals surface area contributed by atoms with Crippen molar-refractivity contribution in [3.63, 3.8) is 0 Å². The Morgan fingerprint density at radius 1 is 1.24 bits per heavy atom. The van der Waals surface area contributed by atoms with E-state index in [4.69, 9.17) is 4.74 Å². The second-order valence-electron chi connectivity index (χ2n) is 5.50. The maximum atomic E-state index is 11.8. The lowest BCUT2D eigenvalue weighted by molar-refractivity contribution is -0.156. The van der Waals surface area contributed by atoms with Gasteiger partial charge in [-0.15, -0.1) is 0 Å². The highest BCUT2D eigenvalue weighted by atomic mass is 16.6. The van der Waals surface area contributed by atoms with Crippen LogP contribution < -0.4 is 0 Å². The highest BCUT2D eigenvalue weighted by molar-refractivity contribution is 5.81. The van der Waals surface area contributed by atoms with Crippen LogP contribution in [0.2, 0.25) is 0 Å². The Balaban J connectivity index is 2.29. The summed E-state index contributed by atoms with van der Waals surface area (Å²) >= 11 is 0. The van der Waals surface area contributed by atoms with E-state index in [-0.39, 0.29) is 24.7 Å². The lowest BCUT2D eigenvalue weighted by Gasteiger charge is -2.22. The molecule has 0 bridgehead atoms. The normalized spacial score (nSPS) is 15.5. The van der Waals surface area contributed by atoms with Crippen molar-refractivity contribution >= 4 is 11.9 Å². The molecule has 98 valence electrons. The van der Waals surface area contributed by atoms with E-state index in [0.717, 1.165) is 19.4 Å². The third kappa shape index (κ3) is 5.20. The number of amides is 1. The van der Waals surface area contributed by atoms with Crippen LogP contribution in [0.25, 0.3) is 0 Å². The zero-order valence-corrected chi connectivity index (χ0v) is 11.3. The molecule has 1 amide bonds. The van der Waals surface area contributed by atoms with Crippen LogP contribution in [0.5, 0.6) is 0 Å². The molecule has 0 unspecified atom stereocenters. The van der Waals surface area contributed by atoms with Crippen LogP contribution in [-0.4, -0.2) is 35.0 Å². The van der Waals surface area contributed by atoms with Gasteiger partial charge in [0.1, 0.15) is 5.60 Å². The average Bonchev–Trinajstić information content (AvgIpc) is 2.97. The Morgan fingerprint density at radius 2 is 1.82 bits per heavy atom. The Morgan fingerprint density at radius 3 is 2.24 bits per heavy atom. The summed E-state index contributed by atoms with van der Waals surface area (Å²) in [5, 5.41) is 0. The summed E-state index contributed by atoms with van der Waals surface area (Å²) < 4.78 is 5.17. The second kappa shape index (κ2) is 5.52. The summed E-state index contributed by atoms with van der Waals surface area (Å²) in [4.78, 5) is 25.2. The van der Waals surface area contributed by atoms with Gasteiger partial charge in [0.25, 0.3) is 0 Å². The molecular formula is C13H23NO3. The number of rotatable bonds is 5. The predicted molar refractivity (Wildman–Crippen MR) is 65.5 cm³/mol. The fourth-order valence-corrected chi connectivity index (χ4v) is 1.77. The number of hydrogen-bond acceptors (Lipinski definition) is 3. The van der Waals surface area contributed by atoms with Crippen molar-refractivity contribution < 1.29 is 14.3 Å². The maximum Gasteiger partial charge on any atom is 0.306 e. The van der Waals surface area contributed by atoms with E-state index >= 15 is 0 Å². The lowest BCUT2D eigenvalue weighted by atomic mass is 10.2. The first kappa shape index (κ1) is 14.0. The van der Waals surface area contributed by atoms with Crippen LogP contribution in [0.4, 0.5) is 0 Å².